The van der Waals surface area contributed by atoms with Gasteiger partial charge in [0, 0.05) is 0 Å². The highest BCUT2D eigenvalue weighted by molar-refractivity contribution is 6.20. The molecule has 2 aromatic carbocycles. The molecule has 0 atom stereocenters. The Labute approximate surface area is 138 Å². The molecule has 6 heteroatoms. The summed E-state index contributed by atoms with van der Waals surface area (Å²) >= 11 is 0. The summed E-state index contributed by atoms with van der Waals surface area (Å²) in [5.74, 6) is -1.28. The van der Waals surface area contributed by atoms with E-state index in [1.165, 1.54) is 7.11 Å². The van der Waals surface area contributed by atoms with Crippen LogP contribution in [0.15, 0.2) is 48.5 Å². The SMILES string of the molecule is COC(=O)Cc1cccc(CON2C(=O)c3ccccc3C2=O)c1. The molecular weight excluding hydrogens is 310 g/mol. The van der Waals surface area contributed by atoms with Crippen molar-refractivity contribution in [1.29, 1.82) is 0 Å². The maximum atomic E-state index is 12.2. The minimum Gasteiger partial charge on any atom is -0.469 e. The number of fused-ring (bicyclic) bond motifs is 1. The minimum absolute atomic E-state index is 0.0421. The Morgan fingerprint density at radius 3 is 2.21 bits per heavy atom. The molecule has 24 heavy (non-hydrogen) atoms. The van der Waals surface area contributed by atoms with Crippen LogP contribution in [0.3, 0.4) is 0 Å². The molecule has 0 spiro atoms. The average molecular weight is 325 g/mol. The van der Waals surface area contributed by atoms with Crippen molar-refractivity contribution >= 4 is 17.8 Å². The number of rotatable bonds is 5. The van der Waals surface area contributed by atoms with Crippen LogP contribution in [0, 0.1) is 0 Å². The van der Waals surface area contributed by atoms with Crippen LogP contribution in [0.2, 0.25) is 0 Å². The highest BCUT2D eigenvalue weighted by atomic mass is 16.7. The Morgan fingerprint density at radius 2 is 1.58 bits per heavy atom. The van der Waals surface area contributed by atoms with Crippen molar-refractivity contribution in [2.24, 2.45) is 0 Å². The number of hydrogen-bond acceptors (Lipinski definition) is 5. The van der Waals surface area contributed by atoms with Gasteiger partial charge < -0.3 is 4.74 Å². The third kappa shape index (κ3) is 3.04. The van der Waals surface area contributed by atoms with E-state index in [1.54, 1.807) is 48.5 Å². The molecule has 0 unspecified atom stereocenters. The van der Waals surface area contributed by atoms with Gasteiger partial charge in [0.25, 0.3) is 11.8 Å². The summed E-state index contributed by atoms with van der Waals surface area (Å²) in [5.41, 5.74) is 2.18. The lowest BCUT2D eigenvalue weighted by Gasteiger charge is -2.13. The van der Waals surface area contributed by atoms with Gasteiger partial charge in [-0.15, -0.1) is 5.06 Å². The normalized spacial score (nSPS) is 13.1. The van der Waals surface area contributed by atoms with E-state index in [0.29, 0.717) is 11.1 Å². The van der Waals surface area contributed by atoms with Gasteiger partial charge in [0.15, 0.2) is 0 Å². The maximum Gasteiger partial charge on any atom is 0.309 e. The van der Waals surface area contributed by atoms with E-state index in [4.69, 9.17) is 4.84 Å². The highest BCUT2D eigenvalue weighted by Gasteiger charge is 2.36. The third-order valence-corrected chi connectivity index (χ3v) is 3.68. The maximum absolute atomic E-state index is 12.2. The standard InChI is InChI=1S/C18H15NO5/c1-23-16(20)10-12-5-4-6-13(9-12)11-24-19-17(21)14-7-2-3-8-15(14)18(19)22/h2-9H,10-11H2,1H3. The van der Waals surface area contributed by atoms with Crippen LogP contribution in [0.1, 0.15) is 31.8 Å². The zero-order chi connectivity index (χ0) is 17.1. The van der Waals surface area contributed by atoms with Gasteiger partial charge in [-0.3, -0.25) is 19.2 Å². The number of benzene rings is 2. The topological polar surface area (TPSA) is 72.9 Å². The number of carbonyl (C=O) groups excluding carboxylic acids is 3. The number of hydroxylamine groups is 2. The molecule has 0 aromatic heterocycles. The second kappa shape index (κ2) is 6.64. The number of amides is 2. The Morgan fingerprint density at radius 1 is 0.958 bits per heavy atom. The second-order valence-electron chi connectivity index (χ2n) is 5.30. The molecule has 0 fully saturated rings. The largest absolute Gasteiger partial charge is 0.469 e. The van der Waals surface area contributed by atoms with Crippen LogP contribution in [0.5, 0.6) is 0 Å². The molecule has 0 radical (unpaired) electrons. The van der Waals surface area contributed by atoms with E-state index in [-0.39, 0.29) is 19.0 Å². The molecule has 3 rings (SSSR count). The lowest BCUT2D eigenvalue weighted by atomic mass is 10.1. The molecule has 2 aromatic rings. The van der Waals surface area contributed by atoms with E-state index >= 15 is 0 Å². The number of esters is 1. The van der Waals surface area contributed by atoms with Crippen LogP contribution >= 0.6 is 0 Å². The van der Waals surface area contributed by atoms with E-state index in [1.807, 2.05) is 0 Å². The molecule has 0 saturated carbocycles. The fourth-order valence-electron chi connectivity index (χ4n) is 2.49. The molecule has 0 aliphatic carbocycles. The first-order valence-electron chi connectivity index (χ1n) is 7.35. The minimum atomic E-state index is -0.471. The monoisotopic (exact) mass is 325 g/mol. The zero-order valence-corrected chi connectivity index (χ0v) is 13.0. The first-order valence-corrected chi connectivity index (χ1v) is 7.35. The Balaban J connectivity index is 1.69. The van der Waals surface area contributed by atoms with Gasteiger partial charge in [-0.25, -0.2) is 0 Å². The first-order chi connectivity index (χ1) is 11.6. The lowest BCUT2D eigenvalue weighted by Crippen LogP contribution is -2.29. The van der Waals surface area contributed by atoms with E-state index in [0.717, 1.165) is 16.2 Å². The molecule has 1 heterocycles. The highest BCUT2D eigenvalue weighted by Crippen LogP contribution is 2.23. The number of imide groups is 1. The number of carbonyl (C=O) groups is 3. The van der Waals surface area contributed by atoms with Gasteiger partial charge in [0.2, 0.25) is 0 Å². The molecular formula is C18H15NO5. The van der Waals surface area contributed by atoms with Crippen LogP contribution in [-0.4, -0.2) is 30.0 Å². The summed E-state index contributed by atoms with van der Waals surface area (Å²) in [6, 6.07) is 13.7. The van der Waals surface area contributed by atoms with Crippen LogP contribution in [0.4, 0.5) is 0 Å². The first kappa shape index (κ1) is 15.9. The number of ether oxygens (including phenoxy) is 1. The van der Waals surface area contributed by atoms with Gasteiger partial charge >= 0.3 is 5.97 Å². The molecule has 1 aliphatic heterocycles. The molecule has 0 bridgehead atoms. The summed E-state index contributed by atoms with van der Waals surface area (Å²) in [4.78, 5) is 41.1. The number of methoxy groups -OCH3 is 1. The van der Waals surface area contributed by atoms with Crippen molar-refractivity contribution in [1.82, 2.24) is 5.06 Å². The third-order valence-electron chi connectivity index (χ3n) is 3.68. The number of hydrogen-bond donors (Lipinski definition) is 0. The average Bonchev–Trinajstić information content (AvgIpc) is 2.85. The second-order valence-corrected chi connectivity index (χ2v) is 5.30. The van der Waals surface area contributed by atoms with Crippen LogP contribution < -0.4 is 0 Å². The lowest BCUT2D eigenvalue weighted by molar-refractivity contribution is -0.139. The van der Waals surface area contributed by atoms with Crippen molar-refractivity contribution in [2.75, 3.05) is 7.11 Å². The van der Waals surface area contributed by atoms with Crippen molar-refractivity contribution in [3.8, 4) is 0 Å². The van der Waals surface area contributed by atoms with Crippen molar-refractivity contribution in [2.45, 2.75) is 13.0 Å². The molecule has 0 saturated heterocycles. The summed E-state index contributed by atoms with van der Waals surface area (Å²) < 4.78 is 4.63. The Kier molecular flexibility index (Phi) is 4.39. The predicted molar refractivity (Wildman–Crippen MR) is 83.9 cm³/mol. The zero-order valence-electron chi connectivity index (χ0n) is 13.0. The van der Waals surface area contributed by atoms with Crippen LogP contribution in [0.25, 0.3) is 0 Å². The molecule has 1 aliphatic rings. The van der Waals surface area contributed by atoms with E-state index in [9.17, 15) is 14.4 Å². The Bertz CT molecular complexity index is 780. The van der Waals surface area contributed by atoms with Crippen molar-refractivity contribution in [3.63, 3.8) is 0 Å². The Hall–Kier alpha value is -2.99. The van der Waals surface area contributed by atoms with E-state index < -0.39 is 11.8 Å². The van der Waals surface area contributed by atoms with Gasteiger partial charge in [0.1, 0.15) is 6.61 Å². The van der Waals surface area contributed by atoms with Gasteiger partial charge in [-0.1, -0.05) is 36.4 Å². The van der Waals surface area contributed by atoms with Gasteiger partial charge in [-0.2, -0.15) is 0 Å². The smallest absolute Gasteiger partial charge is 0.309 e. The van der Waals surface area contributed by atoms with Crippen molar-refractivity contribution < 1.29 is 24.0 Å². The number of nitrogens with zero attached hydrogens (tertiary/aromatic N) is 1. The molecule has 0 N–H and O–H groups in total. The van der Waals surface area contributed by atoms with Gasteiger partial charge in [0.05, 0.1) is 24.7 Å². The fraction of sp³-hybridized carbons (Fsp3) is 0.167. The van der Waals surface area contributed by atoms with E-state index in [2.05, 4.69) is 4.74 Å². The molecule has 2 amide bonds. The molecule has 6 nitrogen and oxygen atoms in total. The van der Waals surface area contributed by atoms with Crippen LogP contribution in [-0.2, 0) is 27.4 Å². The molecule has 122 valence electrons. The van der Waals surface area contributed by atoms with Gasteiger partial charge in [-0.05, 0) is 23.3 Å². The summed E-state index contributed by atoms with van der Waals surface area (Å²) in [6.45, 7) is 0.0421. The van der Waals surface area contributed by atoms with Crippen molar-refractivity contribution in [3.05, 3.63) is 70.8 Å². The summed E-state index contributed by atoms with van der Waals surface area (Å²) in [6.07, 6.45) is 0.150. The quantitative estimate of drug-likeness (QED) is 0.622. The summed E-state index contributed by atoms with van der Waals surface area (Å²) in [7, 11) is 1.33. The predicted octanol–water partition coefficient (Wildman–Crippen LogP) is 2.13. The summed E-state index contributed by atoms with van der Waals surface area (Å²) in [5, 5.41) is 0.775. The fourth-order valence-corrected chi connectivity index (χ4v) is 2.49.